The van der Waals surface area contributed by atoms with Crippen LogP contribution in [0.25, 0.3) is 11.4 Å². The van der Waals surface area contributed by atoms with Crippen LogP contribution in [0.3, 0.4) is 0 Å². The molecule has 0 spiro atoms. The van der Waals surface area contributed by atoms with Crippen LogP contribution in [0.15, 0.2) is 28.8 Å². The van der Waals surface area contributed by atoms with Crippen LogP contribution in [-0.4, -0.2) is 34.7 Å². The van der Waals surface area contributed by atoms with E-state index in [4.69, 9.17) is 10.3 Å². The topological polar surface area (TPSA) is 68.2 Å². The highest BCUT2D eigenvalue weighted by atomic mass is 19.1. The molecule has 2 aromatic rings. The summed E-state index contributed by atoms with van der Waals surface area (Å²) in [5, 5.41) is 3.98. The van der Waals surface area contributed by atoms with Crippen molar-refractivity contribution in [3.8, 4) is 11.4 Å². The van der Waals surface area contributed by atoms with Gasteiger partial charge in [0.15, 0.2) is 0 Å². The second-order valence-corrected chi connectivity index (χ2v) is 5.84. The van der Waals surface area contributed by atoms with Crippen LogP contribution in [0, 0.1) is 11.7 Å². The van der Waals surface area contributed by atoms with Crippen LogP contribution in [0.2, 0.25) is 0 Å². The third-order valence-corrected chi connectivity index (χ3v) is 4.11. The molecule has 1 aromatic heterocycles. The Labute approximate surface area is 129 Å². The first-order chi connectivity index (χ1) is 10.7. The highest BCUT2D eigenvalue weighted by Gasteiger charge is 2.21. The number of likely N-dealkylation sites (tertiary alicyclic amines) is 1. The van der Waals surface area contributed by atoms with Crippen molar-refractivity contribution >= 4 is 0 Å². The molecular weight excluding hydrogens is 283 g/mol. The molecular formula is C16H21FN4O. The number of nitrogens with two attached hydrogens (primary N) is 1. The largest absolute Gasteiger partial charge is 0.338 e. The van der Waals surface area contributed by atoms with E-state index in [-0.39, 0.29) is 5.82 Å². The van der Waals surface area contributed by atoms with E-state index in [0.29, 0.717) is 24.2 Å². The lowest BCUT2D eigenvalue weighted by atomic mass is 9.95. The summed E-state index contributed by atoms with van der Waals surface area (Å²) in [6.07, 6.45) is 3.50. The maximum absolute atomic E-state index is 12.9. The summed E-state index contributed by atoms with van der Waals surface area (Å²) < 4.78 is 18.3. The molecule has 3 rings (SSSR count). The monoisotopic (exact) mass is 304 g/mol. The molecule has 2 heterocycles. The normalized spacial score (nSPS) is 19.5. The minimum Gasteiger partial charge on any atom is -0.338 e. The molecule has 1 atom stereocenters. The first-order valence-electron chi connectivity index (χ1n) is 7.75. The molecule has 1 saturated heterocycles. The molecule has 118 valence electrons. The Balaban J connectivity index is 1.63. The number of benzene rings is 1. The first kappa shape index (κ1) is 15.1. The Hall–Kier alpha value is -1.79. The Bertz CT molecular complexity index is 596. The van der Waals surface area contributed by atoms with Crippen LogP contribution < -0.4 is 5.73 Å². The van der Waals surface area contributed by atoms with E-state index in [1.165, 1.54) is 25.0 Å². The molecule has 22 heavy (non-hydrogen) atoms. The molecule has 0 amide bonds. The van der Waals surface area contributed by atoms with Crippen molar-refractivity contribution in [2.75, 3.05) is 19.6 Å². The van der Waals surface area contributed by atoms with Gasteiger partial charge in [-0.2, -0.15) is 4.98 Å². The molecule has 2 N–H and O–H groups in total. The Kier molecular flexibility index (Phi) is 4.80. The van der Waals surface area contributed by atoms with Crippen molar-refractivity contribution in [1.82, 2.24) is 15.0 Å². The summed E-state index contributed by atoms with van der Waals surface area (Å²) in [6, 6.07) is 6.10. The summed E-state index contributed by atoms with van der Waals surface area (Å²) in [4.78, 5) is 6.75. The van der Waals surface area contributed by atoms with Gasteiger partial charge in [0, 0.05) is 12.1 Å². The molecule has 0 bridgehead atoms. The molecule has 0 radical (unpaired) electrons. The first-order valence-corrected chi connectivity index (χ1v) is 7.75. The van der Waals surface area contributed by atoms with Gasteiger partial charge in [-0.25, -0.2) is 4.39 Å². The fraction of sp³-hybridized carbons (Fsp3) is 0.500. The summed E-state index contributed by atoms with van der Waals surface area (Å²) >= 11 is 0. The average molecular weight is 304 g/mol. The SMILES string of the molecule is NCCC1CCCN(Cc2nc(-c3ccc(F)cc3)no2)C1. The van der Waals surface area contributed by atoms with Gasteiger partial charge in [-0.1, -0.05) is 5.16 Å². The van der Waals surface area contributed by atoms with Crippen molar-refractivity contribution in [3.05, 3.63) is 36.0 Å². The quantitative estimate of drug-likeness (QED) is 0.919. The van der Waals surface area contributed by atoms with Crippen molar-refractivity contribution in [2.45, 2.75) is 25.8 Å². The number of rotatable bonds is 5. The molecule has 6 heteroatoms. The molecule has 0 aliphatic carbocycles. The van der Waals surface area contributed by atoms with Gasteiger partial charge in [0.2, 0.25) is 11.7 Å². The van der Waals surface area contributed by atoms with E-state index in [1.54, 1.807) is 12.1 Å². The van der Waals surface area contributed by atoms with Gasteiger partial charge in [-0.05, 0) is 62.5 Å². The van der Waals surface area contributed by atoms with Gasteiger partial charge >= 0.3 is 0 Å². The van der Waals surface area contributed by atoms with Crippen molar-refractivity contribution in [3.63, 3.8) is 0 Å². The molecule has 5 nitrogen and oxygen atoms in total. The standard InChI is InChI=1S/C16H21FN4O/c17-14-5-3-13(4-6-14)16-19-15(22-20-16)11-21-9-1-2-12(10-21)7-8-18/h3-6,12H,1-2,7-11,18H2. The predicted octanol–water partition coefficient (Wildman–Crippen LogP) is 2.44. The Morgan fingerprint density at radius 1 is 1.32 bits per heavy atom. The van der Waals surface area contributed by atoms with E-state index in [9.17, 15) is 4.39 Å². The Morgan fingerprint density at radius 3 is 2.91 bits per heavy atom. The lowest BCUT2D eigenvalue weighted by Crippen LogP contribution is -2.35. The van der Waals surface area contributed by atoms with Gasteiger partial charge in [-0.3, -0.25) is 4.90 Å². The number of halogens is 1. The number of hydrogen-bond donors (Lipinski definition) is 1. The highest BCUT2D eigenvalue weighted by Crippen LogP contribution is 2.21. The second kappa shape index (κ2) is 6.98. The number of piperidine rings is 1. The summed E-state index contributed by atoms with van der Waals surface area (Å²) in [7, 11) is 0. The number of aromatic nitrogens is 2. The van der Waals surface area contributed by atoms with Gasteiger partial charge < -0.3 is 10.3 Å². The van der Waals surface area contributed by atoms with Gasteiger partial charge in [0.25, 0.3) is 0 Å². The molecule has 1 unspecified atom stereocenters. The lowest BCUT2D eigenvalue weighted by Gasteiger charge is -2.31. The van der Waals surface area contributed by atoms with Crippen LogP contribution in [-0.2, 0) is 6.54 Å². The zero-order valence-electron chi connectivity index (χ0n) is 12.5. The molecule has 1 fully saturated rings. The minimum absolute atomic E-state index is 0.272. The number of nitrogens with zero attached hydrogens (tertiary/aromatic N) is 3. The number of hydrogen-bond acceptors (Lipinski definition) is 5. The third-order valence-electron chi connectivity index (χ3n) is 4.11. The minimum atomic E-state index is -0.272. The fourth-order valence-electron chi connectivity index (χ4n) is 2.99. The smallest absolute Gasteiger partial charge is 0.241 e. The highest BCUT2D eigenvalue weighted by molar-refractivity contribution is 5.53. The zero-order valence-corrected chi connectivity index (χ0v) is 12.5. The molecule has 1 aromatic carbocycles. The fourth-order valence-corrected chi connectivity index (χ4v) is 2.99. The van der Waals surface area contributed by atoms with E-state index in [2.05, 4.69) is 15.0 Å². The maximum Gasteiger partial charge on any atom is 0.241 e. The second-order valence-electron chi connectivity index (χ2n) is 5.84. The van der Waals surface area contributed by atoms with E-state index in [0.717, 1.165) is 31.6 Å². The Morgan fingerprint density at radius 2 is 2.14 bits per heavy atom. The summed E-state index contributed by atoms with van der Waals surface area (Å²) in [6.45, 7) is 3.49. The van der Waals surface area contributed by atoms with Crippen LogP contribution >= 0.6 is 0 Å². The summed E-state index contributed by atoms with van der Waals surface area (Å²) in [5.74, 6) is 1.50. The third kappa shape index (κ3) is 3.69. The van der Waals surface area contributed by atoms with Crippen molar-refractivity contribution in [1.29, 1.82) is 0 Å². The van der Waals surface area contributed by atoms with Gasteiger partial charge in [0.05, 0.1) is 6.54 Å². The van der Waals surface area contributed by atoms with E-state index in [1.807, 2.05) is 0 Å². The zero-order chi connectivity index (χ0) is 15.4. The lowest BCUT2D eigenvalue weighted by molar-refractivity contribution is 0.146. The molecule has 0 saturated carbocycles. The molecule has 1 aliphatic heterocycles. The predicted molar refractivity (Wildman–Crippen MR) is 81.4 cm³/mol. The van der Waals surface area contributed by atoms with Crippen molar-refractivity contribution in [2.24, 2.45) is 11.7 Å². The average Bonchev–Trinajstić information content (AvgIpc) is 2.97. The summed E-state index contributed by atoms with van der Waals surface area (Å²) in [5.41, 5.74) is 6.41. The van der Waals surface area contributed by atoms with E-state index >= 15 is 0 Å². The van der Waals surface area contributed by atoms with Crippen LogP contribution in [0.4, 0.5) is 4.39 Å². The van der Waals surface area contributed by atoms with Crippen molar-refractivity contribution < 1.29 is 8.91 Å². The van der Waals surface area contributed by atoms with Crippen LogP contribution in [0.1, 0.15) is 25.2 Å². The maximum atomic E-state index is 12.9. The molecule has 1 aliphatic rings. The van der Waals surface area contributed by atoms with Crippen LogP contribution in [0.5, 0.6) is 0 Å². The van der Waals surface area contributed by atoms with Gasteiger partial charge in [0.1, 0.15) is 5.82 Å². The van der Waals surface area contributed by atoms with E-state index < -0.39 is 0 Å². The van der Waals surface area contributed by atoms with Gasteiger partial charge in [-0.15, -0.1) is 0 Å².